The fourth-order valence-corrected chi connectivity index (χ4v) is 2.41. The Morgan fingerprint density at radius 2 is 1.91 bits per heavy atom. The number of hydrogen-bond acceptors (Lipinski definition) is 3. The summed E-state index contributed by atoms with van der Waals surface area (Å²) in [5, 5.41) is 16.4. The van der Waals surface area contributed by atoms with E-state index >= 15 is 0 Å². The monoisotopic (exact) mass is 329 g/mol. The van der Waals surface area contributed by atoms with Crippen molar-refractivity contribution in [3.8, 4) is 5.82 Å². The van der Waals surface area contributed by atoms with Crippen LogP contribution in [-0.2, 0) is 5.92 Å². The molecule has 8 heteroatoms. The van der Waals surface area contributed by atoms with Crippen LogP contribution in [0.4, 0.5) is 8.78 Å². The minimum absolute atomic E-state index is 0.0286. The predicted molar refractivity (Wildman–Crippen MR) is 77.6 cm³/mol. The smallest absolute Gasteiger partial charge is 0.359 e. The third-order valence-electron chi connectivity index (χ3n) is 3.33. The van der Waals surface area contributed by atoms with E-state index in [1.165, 1.54) is 19.9 Å². The van der Waals surface area contributed by atoms with Gasteiger partial charge < -0.3 is 5.21 Å². The van der Waals surface area contributed by atoms with Gasteiger partial charge in [-0.3, -0.25) is 0 Å². The van der Waals surface area contributed by atoms with E-state index in [9.17, 15) is 18.8 Å². The van der Waals surface area contributed by atoms with E-state index in [0.717, 1.165) is 10.7 Å². The van der Waals surface area contributed by atoms with Crippen LogP contribution in [0.25, 0.3) is 5.82 Å². The predicted octanol–water partition coefficient (Wildman–Crippen LogP) is 2.56. The lowest BCUT2D eigenvalue weighted by molar-refractivity contribution is -0.607. The lowest BCUT2D eigenvalue weighted by Crippen LogP contribution is -2.41. The maximum absolute atomic E-state index is 13.4. The Kier molecular flexibility index (Phi) is 3.95. The van der Waals surface area contributed by atoms with Gasteiger partial charge in [0.05, 0.1) is 16.3 Å². The molecule has 0 aromatic carbocycles. The number of hydrogen-bond donors (Lipinski definition) is 0. The fraction of sp³-hybridized carbons (Fsp3) is 0.357. The van der Waals surface area contributed by atoms with E-state index in [-0.39, 0.29) is 22.2 Å². The highest BCUT2D eigenvalue weighted by atomic mass is 35.5. The molecule has 0 aliphatic heterocycles. The summed E-state index contributed by atoms with van der Waals surface area (Å²) < 4.78 is 28.1. The summed E-state index contributed by atoms with van der Waals surface area (Å²) in [6.07, 6.45) is 0. The van der Waals surface area contributed by atoms with Crippen LogP contribution in [0, 0.1) is 26.0 Å². The average molecular weight is 330 g/mol. The van der Waals surface area contributed by atoms with Crippen LogP contribution >= 0.6 is 11.6 Å². The molecule has 0 aliphatic carbocycles. The Balaban J connectivity index is 2.79. The number of nitrogens with zero attached hydrogens (tertiary/aromatic N) is 3. The first kappa shape index (κ1) is 16.4. The van der Waals surface area contributed by atoms with Crippen molar-refractivity contribution >= 4 is 11.6 Å². The molecule has 0 fully saturated rings. The van der Waals surface area contributed by atoms with Gasteiger partial charge in [-0.1, -0.05) is 21.4 Å². The molecule has 0 amide bonds. The van der Waals surface area contributed by atoms with Gasteiger partial charge >= 0.3 is 11.4 Å². The number of aromatic nitrogens is 3. The molecule has 0 unspecified atom stereocenters. The van der Waals surface area contributed by atoms with Gasteiger partial charge in [0, 0.05) is 18.6 Å². The second-order valence-corrected chi connectivity index (χ2v) is 5.57. The maximum Gasteiger partial charge on any atom is 0.359 e. The van der Waals surface area contributed by atoms with Crippen LogP contribution in [0.2, 0.25) is 5.02 Å². The van der Waals surface area contributed by atoms with Crippen molar-refractivity contribution in [2.45, 2.75) is 33.6 Å². The Morgan fingerprint density at radius 3 is 2.45 bits per heavy atom. The summed E-state index contributed by atoms with van der Waals surface area (Å²) in [5.41, 5.74) is -0.695. The second kappa shape index (κ2) is 5.31. The van der Waals surface area contributed by atoms with Gasteiger partial charge in [-0.05, 0) is 26.8 Å². The quantitative estimate of drug-likeness (QED) is 0.628. The van der Waals surface area contributed by atoms with Crippen molar-refractivity contribution < 1.29 is 13.5 Å². The first-order valence-corrected chi connectivity index (χ1v) is 6.80. The fourth-order valence-electron chi connectivity index (χ4n) is 2.17. The number of alkyl halides is 2. The molecular weight excluding hydrogens is 316 g/mol. The summed E-state index contributed by atoms with van der Waals surface area (Å²) >= 11 is 5.91. The number of aryl methyl sites for hydroxylation is 2. The molecule has 0 aliphatic rings. The maximum atomic E-state index is 13.4. The van der Waals surface area contributed by atoms with Crippen molar-refractivity contribution in [2.24, 2.45) is 0 Å². The van der Waals surface area contributed by atoms with Gasteiger partial charge in [0.1, 0.15) is 5.69 Å². The summed E-state index contributed by atoms with van der Waals surface area (Å²) in [5.74, 6) is -3.24. The zero-order chi connectivity index (χ0) is 16.8. The minimum atomic E-state index is -3.19. The molecule has 0 spiro atoms. The Hall–Kier alpha value is -2.02. The second-order valence-electron chi connectivity index (χ2n) is 5.16. The van der Waals surface area contributed by atoms with E-state index in [4.69, 9.17) is 11.6 Å². The molecule has 2 aromatic rings. The zero-order valence-electron chi connectivity index (χ0n) is 12.4. The highest BCUT2D eigenvalue weighted by molar-refractivity contribution is 6.31. The van der Waals surface area contributed by atoms with E-state index in [2.05, 4.69) is 5.10 Å². The highest BCUT2D eigenvalue weighted by Gasteiger charge is 2.31. The average Bonchev–Trinajstić information content (AvgIpc) is 2.38. The summed E-state index contributed by atoms with van der Waals surface area (Å²) in [7, 11) is 0. The number of rotatable bonds is 2. The molecule has 118 valence electrons. The number of halogens is 3. The minimum Gasteiger partial charge on any atom is -0.710 e. The Morgan fingerprint density at radius 1 is 1.32 bits per heavy atom. The normalized spacial score (nSPS) is 11.8. The van der Waals surface area contributed by atoms with Gasteiger partial charge in [0.2, 0.25) is 0 Å². The van der Waals surface area contributed by atoms with E-state index < -0.39 is 17.0 Å². The molecule has 0 radical (unpaired) electrons. The lowest BCUT2D eigenvalue weighted by atomic mass is 10.1. The molecule has 5 nitrogen and oxygen atoms in total. The van der Waals surface area contributed by atoms with Crippen molar-refractivity contribution in [1.29, 1.82) is 0 Å². The van der Waals surface area contributed by atoms with Crippen molar-refractivity contribution in [2.75, 3.05) is 0 Å². The van der Waals surface area contributed by atoms with E-state index in [1.54, 1.807) is 6.92 Å². The lowest BCUT2D eigenvalue weighted by Gasteiger charge is -2.16. The molecule has 0 saturated carbocycles. The molecule has 2 aromatic heterocycles. The standard InChI is InChI=1S/C14H14ClF2N3O2/c1-7-5-11(15)9(3)20(22)13(7)19-12(21)6-10(8(2)18-19)14(4,16)17/h5-6H,1-4H3. The third-order valence-corrected chi connectivity index (χ3v) is 3.71. The van der Waals surface area contributed by atoms with Crippen LogP contribution in [-0.4, -0.2) is 9.78 Å². The van der Waals surface area contributed by atoms with Crippen LogP contribution in [0.3, 0.4) is 0 Å². The molecule has 2 rings (SSSR count). The largest absolute Gasteiger partial charge is 0.710 e. The molecule has 0 bridgehead atoms. The van der Waals surface area contributed by atoms with E-state index in [1.807, 2.05) is 0 Å². The van der Waals surface area contributed by atoms with Crippen LogP contribution in [0.1, 0.15) is 29.4 Å². The van der Waals surface area contributed by atoms with Gasteiger partial charge in [-0.25, -0.2) is 18.3 Å². The first-order valence-electron chi connectivity index (χ1n) is 6.43. The van der Waals surface area contributed by atoms with Crippen LogP contribution in [0.15, 0.2) is 16.9 Å². The first-order chi connectivity index (χ1) is 10.0. The van der Waals surface area contributed by atoms with Crippen LogP contribution < -0.4 is 10.3 Å². The van der Waals surface area contributed by atoms with Crippen molar-refractivity contribution in [3.05, 3.63) is 55.2 Å². The molecule has 2 heterocycles. The summed E-state index contributed by atoms with van der Waals surface area (Å²) in [6.45, 7) is 5.12. The summed E-state index contributed by atoms with van der Waals surface area (Å²) in [6, 6.07) is 2.32. The molecule has 0 saturated heterocycles. The Bertz CT molecular complexity index is 813. The van der Waals surface area contributed by atoms with E-state index in [0.29, 0.717) is 17.2 Å². The van der Waals surface area contributed by atoms with Gasteiger partial charge in [-0.15, -0.1) is 0 Å². The van der Waals surface area contributed by atoms with Crippen molar-refractivity contribution in [1.82, 2.24) is 9.78 Å². The topological polar surface area (TPSA) is 61.8 Å². The molecule has 0 N–H and O–H groups in total. The molecular formula is C14H14ClF2N3O2. The number of pyridine rings is 1. The van der Waals surface area contributed by atoms with Crippen molar-refractivity contribution in [3.63, 3.8) is 0 Å². The summed E-state index contributed by atoms with van der Waals surface area (Å²) in [4.78, 5) is 12.1. The highest BCUT2D eigenvalue weighted by Crippen LogP contribution is 2.27. The SMILES string of the molecule is Cc1cc(Cl)c(C)[n+]([O-])c1-n1nc(C)c(C(C)(F)F)cc1=O. The van der Waals surface area contributed by atoms with Gasteiger partial charge in [-0.2, -0.15) is 0 Å². The van der Waals surface area contributed by atoms with Gasteiger partial charge in [0.15, 0.2) is 0 Å². The zero-order valence-corrected chi connectivity index (χ0v) is 13.2. The molecule has 0 atom stereocenters. The van der Waals surface area contributed by atoms with Gasteiger partial charge in [0.25, 0.3) is 5.92 Å². The Labute approximate surface area is 130 Å². The molecule has 22 heavy (non-hydrogen) atoms. The third kappa shape index (κ3) is 2.68. The van der Waals surface area contributed by atoms with Crippen LogP contribution in [0.5, 0.6) is 0 Å².